The molecule has 0 radical (unpaired) electrons. The van der Waals surface area contributed by atoms with Gasteiger partial charge in [0.2, 0.25) is 5.91 Å². The molecule has 1 amide bonds. The van der Waals surface area contributed by atoms with E-state index in [9.17, 15) is 26.7 Å². The molecule has 5 nitrogen and oxygen atoms in total. The summed E-state index contributed by atoms with van der Waals surface area (Å²) in [7, 11) is 3.13. The highest BCUT2D eigenvalue weighted by atomic mass is 19.4. The number of carbonyl (C=O) groups is 1. The van der Waals surface area contributed by atoms with Crippen LogP contribution in [0.4, 0.5) is 22.0 Å². The number of benzene rings is 2. The number of rotatable bonds is 6. The van der Waals surface area contributed by atoms with Crippen molar-refractivity contribution in [2.24, 2.45) is 4.99 Å². The van der Waals surface area contributed by atoms with Crippen LogP contribution in [0.5, 0.6) is 0 Å². The first-order valence-electron chi connectivity index (χ1n) is 9.33. The van der Waals surface area contributed by atoms with Crippen molar-refractivity contribution in [2.45, 2.75) is 25.7 Å². The van der Waals surface area contributed by atoms with E-state index in [1.807, 2.05) is 0 Å². The number of alkyl halides is 3. The Kier molecular flexibility index (Phi) is 7.95. The number of nitrogens with one attached hydrogen (secondary N) is 2. The predicted octanol–water partition coefficient (Wildman–Crippen LogP) is 3.87. The Morgan fingerprint density at radius 3 is 2.45 bits per heavy atom. The van der Waals surface area contributed by atoms with Crippen LogP contribution in [-0.2, 0) is 17.5 Å². The van der Waals surface area contributed by atoms with Crippen molar-refractivity contribution in [3.8, 4) is 0 Å². The van der Waals surface area contributed by atoms with Crippen molar-refractivity contribution in [1.82, 2.24) is 15.5 Å². The van der Waals surface area contributed by atoms with E-state index in [1.165, 1.54) is 23.1 Å². The summed E-state index contributed by atoms with van der Waals surface area (Å²) in [6.45, 7) is 1.35. The van der Waals surface area contributed by atoms with Gasteiger partial charge in [0.1, 0.15) is 11.6 Å². The maximum Gasteiger partial charge on any atom is 0.416 e. The molecule has 0 fully saturated rings. The van der Waals surface area contributed by atoms with Crippen LogP contribution in [0.1, 0.15) is 29.7 Å². The van der Waals surface area contributed by atoms with E-state index in [0.717, 1.165) is 24.3 Å². The lowest BCUT2D eigenvalue weighted by Gasteiger charge is -2.20. The van der Waals surface area contributed by atoms with E-state index < -0.39 is 29.4 Å². The van der Waals surface area contributed by atoms with Gasteiger partial charge in [-0.15, -0.1) is 0 Å². The Morgan fingerprint density at radius 2 is 1.84 bits per heavy atom. The van der Waals surface area contributed by atoms with Gasteiger partial charge in [-0.1, -0.05) is 18.2 Å². The number of carbonyl (C=O) groups excluding carboxylic acids is 1. The fraction of sp³-hybridized carbons (Fsp3) is 0.333. The number of hydrogen-bond acceptors (Lipinski definition) is 2. The highest BCUT2D eigenvalue weighted by molar-refractivity contribution is 5.86. The molecule has 2 N–H and O–H groups in total. The summed E-state index contributed by atoms with van der Waals surface area (Å²) in [6.07, 6.45) is -4.48. The molecule has 0 spiro atoms. The van der Waals surface area contributed by atoms with Crippen LogP contribution in [-0.4, -0.2) is 37.4 Å². The van der Waals surface area contributed by atoms with E-state index in [2.05, 4.69) is 15.6 Å². The lowest BCUT2D eigenvalue weighted by atomic mass is 10.1. The SMILES string of the molecule is CC(NC(=NCc1cccc(C(F)(F)F)c1)NCC(=O)N(C)C)c1ccc(F)cc1F. The summed E-state index contributed by atoms with van der Waals surface area (Å²) in [5, 5.41) is 5.66. The van der Waals surface area contributed by atoms with Crippen molar-refractivity contribution in [3.63, 3.8) is 0 Å². The Balaban J connectivity index is 2.22. The van der Waals surface area contributed by atoms with E-state index in [4.69, 9.17) is 0 Å². The third-order valence-electron chi connectivity index (χ3n) is 4.36. The smallest absolute Gasteiger partial charge is 0.350 e. The van der Waals surface area contributed by atoms with Gasteiger partial charge in [0.05, 0.1) is 24.7 Å². The third-order valence-corrected chi connectivity index (χ3v) is 4.36. The standard InChI is InChI=1S/C21H23F5N4O/c1-13(17-8-7-16(22)10-18(17)23)29-20(28-12-19(31)30(2)3)27-11-14-5-4-6-15(9-14)21(24,25)26/h4-10,13H,11-12H2,1-3H3,(H2,27,28,29). The van der Waals surface area contributed by atoms with E-state index in [0.29, 0.717) is 5.56 Å². The first-order chi connectivity index (χ1) is 14.5. The number of nitrogens with zero attached hydrogens (tertiary/aromatic N) is 2. The number of halogens is 5. The summed E-state index contributed by atoms with van der Waals surface area (Å²) in [5.74, 6) is -1.67. The molecular weight excluding hydrogens is 419 g/mol. The fourth-order valence-corrected chi connectivity index (χ4v) is 2.62. The second kappa shape index (κ2) is 10.2. The van der Waals surface area contributed by atoms with Gasteiger partial charge in [-0.2, -0.15) is 13.2 Å². The van der Waals surface area contributed by atoms with Crippen LogP contribution >= 0.6 is 0 Å². The first-order valence-corrected chi connectivity index (χ1v) is 9.33. The van der Waals surface area contributed by atoms with E-state index >= 15 is 0 Å². The summed E-state index contributed by atoms with van der Waals surface area (Å²) in [4.78, 5) is 17.4. The maximum absolute atomic E-state index is 14.1. The monoisotopic (exact) mass is 442 g/mol. The van der Waals surface area contributed by atoms with Crippen LogP contribution in [0.25, 0.3) is 0 Å². The average Bonchev–Trinajstić information content (AvgIpc) is 2.69. The van der Waals surface area contributed by atoms with E-state index in [-0.39, 0.29) is 30.5 Å². The van der Waals surface area contributed by atoms with Crippen LogP contribution in [0, 0.1) is 11.6 Å². The van der Waals surface area contributed by atoms with Crippen LogP contribution in [0.2, 0.25) is 0 Å². The minimum absolute atomic E-state index is 0.0869. The van der Waals surface area contributed by atoms with Gasteiger partial charge in [-0.25, -0.2) is 13.8 Å². The fourth-order valence-electron chi connectivity index (χ4n) is 2.62. The van der Waals surface area contributed by atoms with Crippen LogP contribution in [0.3, 0.4) is 0 Å². The molecule has 0 aliphatic heterocycles. The largest absolute Gasteiger partial charge is 0.416 e. The molecule has 0 heterocycles. The lowest BCUT2D eigenvalue weighted by Crippen LogP contribution is -2.43. The number of guanidine groups is 1. The minimum atomic E-state index is -4.48. The van der Waals surface area contributed by atoms with Gasteiger partial charge < -0.3 is 15.5 Å². The summed E-state index contributed by atoms with van der Waals surface area (Å²) in [5.41, 5.74) is -0.336. The molecule has 0 aliphatic rings. The highest BCUT2D eigenvalue weighted by Crippen LogP contribution is 2.29. The van der Waals surface area contributed by atoms with Crippen molar-refractivity contribution in [2.75, 3.05) is 20.6 Å². The summed E-state index contributed by atoms with van der Waals surface area (Å²) >= 11 is 0. The number of hydrogen-bond donors (Lipinski definition) is 2. The van der Waals surface area contributed by atoms with Crippen molar-refractivity contribution in [3.05, 3.63) is 70.8 Å². The zero-order chi connectivity index (χ0) is 23.2. The lowest BCUT2D eigenvalue weighted by molar-refractivity contribution is -0.137. The van der Waals surface area contributed by atoms with Gasteiger partial charge in [0, 0.05) is 25.7 Å². The number of amides is 1. The van der Waals surface area contributed by atoms with Gasteiger partial charge in [-0.05, 0) is 30.7 Å². The van der Waals surface area contributed by atoms with Gasteiger partial charge in [0.25, 0.3) is 0 Å². The second-order valence-electron chi connectivity index (χ2n) is 7.04. The van der Waals surface area contributed by atoms with Gasteiger partial charge in [-0.3, -0.25) is 4.79 Å². The van der Waals surface area contributed by atoms with Crippen molar-refractivity contribution >= 4 is 11.9 Å². The summed E-state index contributed by atoms with van der Waals surface area (Å²) in [6, 6.07) is 7.18. The van der Waals surface area contributed by atoms with Crippen molar-refractivity contribution < 1.29 is 26.7 Å². The second-order valence-corrected chi connectivity index (χ2v) is 7.04. The predicted molar refractivity (Wildman–Crippen MR) is 107 cm³/mol. The molecule has 0 aromatic heterocycles. The quantitative estimate of drug-likeness (QED) is 0.406. The maximum atomic E-state index is 14.1. The molecule has 0 saturated heterocycles. The van der Waals surface area contributed by atoms with Crippen molar-refractivity contribution in [1.29, 1.82) is 0 Å². The molecule has 10 heteroatoms. The topological polar surface area (TPSA) is 56.7 Å². The Bertz CT molecular complexity index is 944. The number of aliphatic imine (C=N–C) groups is 1. The van der Waals surface area contributed by atoms with Gasteiger partial charge in [0.15, 0.2) is 5.96 Å². The molecule has 1 atom stereocenters. The molecule has 168 valence electrons. The van der Waals surface area contributed by atoms with Gasteiger partial charge >= 0.3 is 6.18 Å². The molecule has 0 saturated carbocycles. The Labute approximate surface area is 177 Å². The Hall–Kier alpha value is -3.17. The van der Waals surface area contributed by atoms with Crippen LogP contribution in [0.15, 0.2) is 47.5 Å². The highest BCUT2D eigenvalue weighted by Gasteiger charge is 2.30. The first kappa shape index (κ1) is 24.1. The summed E-state index contributed by atoms with van der Waals surface area (Å²) < 4.78 is 66.0. The zero-order valence-electron chi connectivity index (χ0n) is 17.2. The average molecular weight is 442 g/mol. The molecule has 2 aromatic carbocycles. The molecule has 0 aliphatic carbocycles. The Morgan fingerprint density at radius 1 is 1.13 bits per heavy atom. The van der Waals surface area contributed by atoms with E-state index in [1.54, 1.807) is 21.0 Å². The number of likely N-dealkylation sites (N-methyl/N-ethyl adjacent to an activating group) is 1. The molecular formula is C21H23F5N4O. The third kappa shape index (κ3) is 7.23. The normalized spacial score (nSPS) is 13.0. The molecule has 2 aromatic rings. The zero-order valence-corrected chi connectivity index (χ0v) is 17.2. The minimum Gasteiger partial charge on any atom is -0.350 e. The molecule has 0 bridgehead atoms. The molecule has 1 unspecified atom stereocenters. The molecule has 2 rings (SSSR count). The van der Waals surface area contributed by atoms with Crippen LogP contribution < -0.4 is 10.6 Å². The molecule has 31 heavy (non-hydrogen) atoms.